The zero-order valence-electron chi connectivity index (χ0n) is 13.4. The number of halogens is 2. The van der Waals surface area contributed by atoms with Crippen LogP contribution in [0.4, 0.5) is 8.78 Å². The number of aromatic nitrogens is 1. The molecule has 0 bridgehead atoms. The average Bonchev–Trinajstić information content (AvgIpc) is 3.04. The monoisotopic (exact) mass is 358 g/mol. The zero-order valence-corrected chi connectivity index (χ0v) is 14.2. The van der Waals surface area contributed by atoms with Gasteiger partial charge in [-0.3, -0.25) is 4.79 Å². The first-order chi connectivity index (χ1) is 12.1. The minimum Gasteiger partial charge on any atom is -0.339 e. The number of hydrogen-bond acceptors (Lipinski definition) is 3. The maximum absolute atomic E-state index is 13.3. The van der Waals surface area contributed by atoms with Gasteiger partial charge in [-0.2, -0.15) is 0 Å². The molecule has 3 nitrogen and oxygen atoms in total. The fourth-order valence-electron chi connectivity index (χ4n) is 3.25. The molecule has 6 heteroatoms. The van der Waals surface area contributed by atoms with Gasteiger partial charge < -0.3 is 4.90 Å². The number of thiazole rings is 1. The van der Waals surface area contributed by atoms with E-state index < -0.39 is 11.6 Å². The van der Waals surface area contributed by atoms with Gasteiger partial charge in [-0.05, 0) is 37.1 Å². The number of hydrogen-bond donors (Lipinski definition) is 0. The van der Waals surface area contributed by atoms with Crippen LogP contribution in [-0.4, -0.2) is 28.9 Å². The van der Waals surface area contributed by atoms with Gasteiger partial charge in [0.25, 0.3) is 5.91 Å². The summed E-state index contributed by atoms with van der Waals surface area (Å²) in [6, 6.07) is 11.0. The lowest BCUT2D eigenvalue weighted by Crippen LogP contribution is -2.38. The van der Waals surface area contributed by atoms with Crippen molar-refractivity contribution in [2.24, 2.45) is 0 Å². The van der Waals surface area contributed by atoms with Crippen molar-refractivity contribution in [2.75, 3.05) is 13.1 Å². The summed E-state index contributed by atoms with van der Waals surface area (Å²) < 4.78 is 27.8. The molecule has 0 saturated carbocycles. The molecule has 2 aromatic carbocycles. The van der Waals surface area contributed by atoms with Gasteiger partial charge in [-0.15, -0.1) is 11.3 Å². The number of amides is 1. The number of likely N-dealkylation sites (tertiary alicyclic amines) is 1. The predicted octanol–water partition coefficient (Wildman–Crippen LogP) is 4.59. The van der Waals surface area contributed by atoms with Crippen LogP contribution >= 0.6 is 11.3 Å². The molecular formula is C19H16F2N2OS. The van der Waals surface area contributed by atoms with Crippen molar-refractivity contribution in [1.82, 2.24) is 9.88 Å². The summed E-state index contributed by atoms with van der Waals surface area (Å²) >= 11 is 1.70. The van der Waals surface area contributed by atoms with Crippen molar-refractivity contribution in [3.05, 3.63) is 64.7 Å². The molecule has 0 radical (unpaired) electrons. The van der Waals surface area contributed by atoms with E-state index in [4.69, 9.17) is 4.98 Å². The molecule has 2 heterocycles. The van der Waals surface area contributed by atoms with Crippen LogP contribution < -0.4 is 0 Å². The standard InChI is InChI=1S/C19H16F2N2OS/c20-14-9-13(10-15(21)11-14)19(24)23-7-5-12(6-8-23)18-22-16-3-1-2-4-17(16)25-18/h1-4,9-12H,5-8H2. The number of fused-ring (bicyclic) bond motifs is 1. The molecule has 0 N–H and O–H groups in total. The van der Waals surface area contributed by atoms with Crippen LogP contribution in [0, 0.1) is 11.6 Å². The summed E-state index contributed by atoms with van der Waals surface area (Å²) in [5.41, 5.74) is 1.08. The first-order valence-electron chi connectivity index (χ1n) is 8.21. The summed E-state index contributed by atoms with van der Waals surface area (Å²) in [5.74, 6) is -1.45. The van der Waals surface area contributed by atoms with E-state index in [1.54, 1.807) is 16.2 Å². The molecule has 1 saturated heterocycles. The van der Waals surface area contributed by atoms with E-state index in [0.29, 0.717) is 19.0 Å². The maximum atomic E-state index is 13.3. The van der Waals surface area contributed by atoms with E-state index in [2.05, 4.69) is 6.07 Å². The molecule has 1 amide bonds. The lowest BCUT2D eigenvalue weighted by atomic mass is 9.97. The molecule has 25 heavy (non-hydrogen) atoms. The third-order valence-electron chi connectivity index (χ3n) is 4.55. The Bertz CT molecular complexity index is 879. The summed E-state index contributed by atoms with van der Waals surface area (Å²) in [4.78, 5) is 18.8. The molecule has 4 rings (SSSR count). The lowest BCUT2D eigenvalue weighted by molar-refractivity contribution is 0.0712. The minimum absolute atomic E-state index is 0.0657. The molecular weight excluding hydrogens is 342 g/mol. The Morgan fingerprint density at radius 1 is 1.08 bits per heavy atom. The summed E-state index contributed by atoms with van der Waals surface area (Å²) in [5, 5.41) is 1.10. The van der Waals surface area contributed by atoms with E-state index in [0.717, 1.165) is 41.6 Å². The van der Waals surface area contributed by atoms with Crippen molar-refractivity contribution < 1.29 is 13.6 Å². The second-order valence-corrected chi connectivity index (χ2v) is 7.31. The normalized spacial score (nSPS) is 15.7. The first kappa shape index (κ1) is 16.1. The molecule has 128 valence electrons. The largest absolute Gasteiger partial charge is 0.339 e. The number of carbonyl (C=O) groups excluding carboxylic acids is 1. The molecule has 3 aromatic rings. The van der Waals surface area contributed by atoms with E-state index in [1.165, 1.54) is 4.70 Å². The van der Waals surface area contributed by atoms with Crippen molar-refractivity contribution in [1.29, 1.82) is 0 Å². The Hall–Kier alpha value is -2.34. The van der Waals surface area contributed by atoms with Gasteiger partial charge in [0.15, 0.2) is 0 Å². The van der Waals surface area contributed by atoms with Gasteiger partial charge in [0.2, 0.25) is 0 Å². The summed E-state index contributed by atoms with van der Waals surface area (Å²) in [7, 11) is 0. The smallest absolute Gasteiger partial charge is 0.254 e. The van der Waals surface area contributed by atoms with Crippen molar-refractivity contribution in [3.63, 3.8) is 0 Å². The zero-order chi connectivity index (χ0) is 17.4. The number of benzene rings is 2. The highest BCUT2D eigenvalue weighted by Gasteiger charge is 2.27. The molecule has 1 fully saturated rings. The highest BCUT2D eigenvalue weighted by Crippen LogP contribution is 2.34. The average molecular weight is 358 g/mol. The Morgan fingerprint density at radius 3 is 2.44 bits per heavy atom. The number of nitrogens with zero attached hydrogens (tertiary/aromatic N) is 2. The molecule has 1 aliphatic heterocycles. The Balaban J connectivity index is 1.46. The van der Waals surface area contributed by atoms with Crippen LogP contribution in [0.25, 0.3) is 10.2 Å². The van der Waals surface area contributed by atoms with Gasteiger partial charge in [0.05, 0.1) is 15.2 Å². The third kappa shape index (κ3) is 3.26. The van der Waals surface area contributed by atoms with Crippen LogP contribution in [0.3, 0.4) is 0 Å². The van der Waals surface area contributed by atoms with E-state index in [1.807, 2.05) is 18.2 Å². The second-order valence-electron chi connectivity index (χ2n) is 6.24. The maximum Gasteiger partial charge on any atom is 0.254 e. The molecule has 1 aromatic heterocycles. The number of carbonyl (C=O) groups is 1. The van der Waals surface area contributed by atoms with Crippen LogP contribution in [0.2, 0.25) is 0 Å². The van der Waals surface area contributed by atoms with Crippen LogP contribution in [0.5, 0.6) is 0 Å². The van der Waals surface area contributed by atoms with Gasteiger partial charge >= 0.3 is 0 Å². The van der Waals surface area contributed by atoms with Gasteiger partial charge in [0.1, 0.15) is 11.6 Å². The van der Waals surface area contributed by atoms with Crippen molar-refractivity contribution in [2.45, 2.75) is 18.8 Å². The molecule has 0 spiro atoms. The van der Waals surface area contributed by atoms with Gasteiger partial charge in [-0.1, -0.05) is 12.1 Å². The Labute approximate surface area is 147 Å². The number of piperidine rings is 1. The third-order valence-corrected chi connectivity index (χ3v) is 5.75. The SMILES string of the molecule is O=C(c1cc(F)cc(F)c1)N1CCC(c2nc3ccccc3s2)CC1. The number of rotatable bonds is 2. The van der Waals surface area contributed by atoms with Crippen LogP contribution in [0.1, 0.15) is 34.1 Å². The van der Waals surface area contributed by atoms with E-state index >= 15 is 0 Å². The molecule has 0 aliphatic carbocycles. The molecule has 0 atom stereocenters. The topological polar surface area (TPSA) is 33.2 Å². The minimum atomic E-state index is -0.729. The second kappa shape index (κ2) is 6.52. The van der Waals surface area contributed by atoms with Crippen molar-refractivity contribution >= 4 is 27.5 Å². The first-order valence-corrected chi connectivity index (χ1v) is 9.02. The van der Waals surface area contributed by atoms with Gasteiger partial charge in [-0.25, -0.2) is 13.8 Å². The predicted molar refractivity (Wildman–Crippen MR) is 93.9 cm³/mol. The fourth-order valence-corrected chi connectivity index (χ4v) is 4.39. The van der Waals surface area contributed by atoms with Crippen LogP contribution in [-0.2, 0) is 0 Å². The molecule has 1 aliphatic rings. The summed E-state index contributed by atoms with van der Waals surface area (Å²) in [6.45, 7) is 1.13. The Kier molecular flexibility index (Phi) is 4.21. The summed E-state index contributed by atoms with van der Waals surface area (Å²) in [6.07, 6.45) is 1.62. The Morgan fingerprint density at radius 2 is 1.76 bits per heavy atom. The number of para-hydroxylation sites is 1. The fraction of sp³-hybridized carbons (Fsp3) is 0.263. The van der Waals surface area contributed by atoms with Gasteiger partial charge in [0, 0.05) is 30.6 Å². The van der Waals surface area contributed by atoms with E-state index in [-0.39, 0.29) is 11.5 Å². The lowest BCUT2D eigenvalue weighted by Gasteiger charge is -2.31. The highest BCUT2D eigenvalue weighted by molar-refractivity contribution is 7.18. The van der Waals surface area contributed by atoms with Crippen LogP contribution in [0.15, 0.2) is 42.5 Å². The highest BCUT2D eigenvalue weighted by atomic mass is 32.1. The van der Waals surface area contributed by atoms with E-state index in [9.17, 15) is 13.6 Å². The molecule has 0 unspecified atom stereocenters. The quantitative estimate of drug-likeness (QED) is 0.671. The van der Waals surface area contributed by atoms with Crippen molar-refractivity contribution in [3.8, 4) is 0 Å².